The van der Waals surface area contributed by atoms with Gasteiger partial charge in [0.2, 0.25) is 5.91 Å². The normalized spacial score (nSPS) is 25.9. The Kier molecular flexibility index (Phi) is 5.12. The molecule has 2 N–H and O–H groups in total. The number of hydrogen-bond donors (Lipinski definition) is 2. The lowest BCUT2D eigenvalue weighted by molar-refractivity contribution is -0.138. The zero-order chi connectivity index (χ0) is 21.8. The Hall–Kier alpha value is -2.41. The van der Waals surface area contributed by atoms with Crippen LogP contribution in [0.2, 0.25) is 5.02 Å². The van der Waals surface area contributed by atoms with Gasteiger partial charge in [-0.25, -0.2) is 0 Å². The molecule has 2 aliphatic heterocycles. The van der Waals surface area contributed by atoms with E-state index in [9.17, 15) is 14.7 Å². The number of carbonyl (C=O) groups excluding carboxylic acids is 2. The van der Waals surface area contributed by atoms with E-state index in [-0.39, 0.29) is 24.8 Å². The summed E-state index contributed by atoms with van der Waals surface area (Å²) in [5.41, 5.74) is 2.85. The number of amides is 2. The number of anilines is 1. The quantitative estimate of drug-likeness (QED) is 0.789. The van der Waals surface area contributed by atoms with Crippen LogP contribution in [0.4, 0.5) is 5.69 Å². The first kappa shape index (κ1) is 20.8. The fraction of sp³-hybridized carbons (Fsp3) is 0.391. The van der Waals surface area contributed by atoms with Crippen molar-refractivity contribution in [1.29, 1.82) is 0 Å². The van der Waals surface area contributed by atoms with E-state index < -0.39 is 17.7 Å². The summed E-state index contributed by atoms with van der Waals surface area (Å²) in [6, 6.07) is 10.7. The number of β-amino-alcohol motifs (C(OH)–C–C–N with tert-alkyl or cyclic N) is 1. The SMILES string of the molecule is Cc1ccc(C)c(C2(N3C[C@H](O)C[C@H]3C(=O)N(C)C)C(=O)Nc3ccc(Cl)cc32)c1. The van der Waals surface area contributed by atoms with Crippen LogP contribution in [0.5, 0.6) is 0 Å². The van der Waals surface area contributed by atoms with Crippen molar-refractivity contribution < 1.29 is 14.7 Å². The van der Waals surface area contributed by atoms with Gasteiger partial charge in [0, 0.05) is 36.9 Å². The molecule has 0 bridgehead atoms. The van der Waals surface area contributed by atoms with E-state index in [1.807, 2.05) is 36.9 Å². The molecular weight excluding hydrogens is 402 g/mol. The summed E-state index contributed by atoms with van der Waals surface area (Å²) in [5, 5.41) is 14.1. The summed E-state index contributed by atoms with van der Waals surface area (Å²) in [6.07, 6.45) is -0.441. The van der Waals surface area contributed by atoms with Gasteiger partial charge < -0.3 is 15.3 Å². The van der Waals surface area contributed by atoms with Crippen LogP contribution >= 0.6 is 11.6 Å². The zero-order valence-corrected chi connectivity index (χ0v) is 18.3. The standard InChI is InChI=1S/C23H26ClN3O3/c1-13-5-6-14(2)17(9-13)23(18-10-15(24)7-8-19(18)25-22(23)30)27-12-16(28)11-20(27)21(29)26(3)4/h5-10,16,20,28H,11-12H2,1-4H3,(H,25,30)/t16-,20+,23?/m1/s1. The number of hydrogen-bond acceptors (Lipinski definition) is 4. The molecule has 30 heavy (non-hydrogen) atoms. The van der Waals surface area contributed by atoms with Crippen LogP contribution in [0.1, 0.15) is 28.7 Å². The molecule has 0 radical (unpaired) electrons. The van der Waals surface area contributed by atoms with Crippen molar-refractivity contribution in [2.75, 3.05) is 26.0 Å². The maximum absolute atomic E-state index is 13.8. The highest BCUT2D eigenvalue weighted by atomic mass is 35.5. The van der Waals surface area contributed by atoms with Crippen LogP contribution in [-0.2, 0) is 15.1 Å². The third-order valence-corrected chi connectivity index (χ3v) is 6.40. The Balaban J connectivity index is 2.04. The summed E-state index contributed by atoms with van der Waals surface area (Å²) in [4.78, 5) is 30.2. The van der Waals surface area contributed by atoms with Crippen molar-refractivity contribution in [3.8, 4) is 0 Å². The first-order chi connectivity index (χ1) is 14.2. The Morgan fingerprint density at radius 2 is 1.93 bits per heavy atom. The van der Waals surface area contributed by atoms with Gasteiger partial charge in [-0.05, 0) is 49.6 Å². The molecule has 7 heteroatoms. The topological polar surface area (TPSA) is 72.9 Å². The van der Waals surface area contributed by atoms with Gasteiger partial charge >= 0.3 is 0 Å². The van der Waals surface area contributed by atoms with Crippen LogP contribution in [0, 0.1) is 13.8 Å². The van der Waals surface area contributed by atoms with Gasteiger partial charge in [-0.15, -0.1) is 0 Å². The third kappa shape index (κ3) is 3.02. The largest absolute Gasteiger partial charge is 0.392 e. The number of aliphatic hydroxyl groups is 1. The number of benzene rings is 2. The Morgan fingerprint density at radius 1 is 1.20 bits per heavy atom. The number of aryl methyl sites for hydroxylation is 2. The minimum Gasteiger partial charge on any atom is -0.392 e. The Labute approximate surface area is 181 Å². The van der Waals surface area contributed by atoms with Crippen LogP contribution in [0.3, 0.4) is 0 Å². The predicted molar refractivity (Wildman–Crippen MR) is 117 cm³/mol. The maximum atomic E-state index is 13.8. The van der Waals surface area contributed by atoms with Gasteiger partial charge in [-0.3, -0.25) is 14.5 Å². The van der Waals surface area contributed by atoms with Crippen molar-refractivity contribution in [1.82, 2.24) is 9.80 Å². The monoisotopic (exact) mass is 427 g/mol. The van der Waals surface area contributed by atoms with Crippen molar-refractivity contribution in [2.45, 2.75) is 38.0 Å². The van der Waals surface area contributed by atoms with E-state index in [4.69, 9.17) is 11.6 Å². The fourth-order valence-electron chi connectivity index (χ4n) is 4.81. The van der Waals surface area contributed by atoms with Gasteiger partial charge in [0.25, 0.3) is 5.91 Å². The van der Waals surface area contributed by atoms with Gasteiger partial charge in [-0.1, -0.05) is 35.4 Å². The Bertz CT molecular complexity index is 1040. The lowest BCUT2D eigenvalue weighted by Crippen LogP contribution is -2.57. The number of nitrogens with one attached hydrogen (secondary N) is 1. The van der Waals surface area contributed by atoms with E-state index in [1.165, 1.54) is 4.90 Å². The minimum absolute atomic E-state index is 0.139. The van der Waals surface area contributed by atoms with Gasteiger partial charge in [-0.2, -0.15) is 0 Å². The average molecular weight is 428 g/mol. The van der Waals surface area contributed by atoms with E-state index in [2.05, 4.69) is 5.32 Å². The molecule has 1 unspecified atom stereocenters. The molecule has 0 spiro atoms. The molecule has 2 aromatic rings. The fourth-order valence-corrected chi connectivity index (χ4v) is 4.98. The molecule has 2 heterocycles. The van der Waals surface area contributed by atoms with Gasteiger partial charge in [0.05, 0.1) is 12.1 Å². The molecule has 0 aliphatic carbocycles. The van der Waals surface area contributed by atoms with Crippen LogP contribution < -0.4 is 5.32 Å². The minimum atomic E-state index is -1.26. The number of likely N-dealkylation sites (tertiary alicyclic amines) is 1. The number of halogens is 1. The molecule has 3 atom stereocenters. The number of aliphatic hydroxyl groups excluding tert-OH is 1. The zero-order valence-electron chi connectivity index (χ0n) is 17.6. The van der Waals surface area contributed by atoms with E-state index >= 15 is 0 Å². The van der Waals surface area contributed by atoms with Gasteiger partial charge in [0.1, 0.15) is 0 Å². The molecule has 1 saturated heterocycles. The second-order valence-electron chi connectivity index (χ2n) is 8.46. The Morgan fingerprint density at radius 3 is 2.63 bits per heavy atom. The number of likely N-dealkylation sites (N-methyl/N-ethyl adjacent to an activating group) is 1. The number of rotatable bonds is 3. The van der Waals surface area contributed by atoms with Crippen molar-refractivity contribution in [2.24, 2.45) is 0 Å². The molecule has 6 nitrogen and oxygen atoms in total. The highest BCUT2D eigenvalue weighted by Gasteiger charge is 2.58. The first-order valence-corrected chi connectivity index (χ1v) is 10.4. The molecule has 1 fully saturated rings. The highest BCUT2D eigenvalue weighted by molar-refractivity contribution is 6.31. The molecule has 2 aromatic carbocycles. The van der Waals surface area contributed by atoms with Crippen LogP contribution in [-0.4, -0.2) is 59.5 Å². The molecule has 0 saturated carbocycles. The second kappa shape index (κ2) is 7.38. The van der Waals surface area contributed by atoms with Crippen molar-refractivity contribution >= 4 is 29.1 Å². The second-order valence-corrected chi connectivity index (χ2v) is 8.90. The van der Waals surface area contributed by atoms with Crippen molar-refractivity contribution in [3.63, 3.8) is 0 Å². The summed E-state index contributed by atoms with van der Waals surface area (Å²) in [5.74, 6) is -0.376. The summed E-state index contributed by atoms with van der Waals surface area (Å²) >= 11 is 6.36. The molecule has 2 amide bonds. The molecule has 4 rings (SSSR count). The van der Waals surface area contributed by atoms with Gasteiger partial charge in [0.15, 0.2) is 5.54 Å². The molecular formula is C23H26ClN3O3. The molecule has 0 aromatic heterocycles. The van der Waals surface area contributed by atoms with Crippen molar-refractivity contribution in [3.05, 3.63) is 63.7 Å². The lowest BCUT2D eigenvalue weighted by Gasteiger charge is -2.42. The summed E-state index contributed by atoms with van der Waals surface area (Å²) < 4.78 is 0. The third-order valence-electron chi connectivity index (χ3n) is 6.17. The molecule has 2 aliphatic rings. The number of nitrogens with zero attached hydrogens (tertiary/aromatic N) is 2. The lowest BCUT2D eigenvalue weighted by atomic mass is 9.78. The maximum Gasteiger partial charge on any atom is 0.254 e. The molecule has 158 valence electrons. The smallest absolute Gasteiger partial charge is 0.254 e. The number of carbonyl (C=O) groups is 2. The van der Waals surface area contributed by atoms with E-state index in [1.54, 1.807) is 32.3 Å². The van der Waals surface area contributed by atoms with E-state index in [0.29, 0.717) is 16.3 Å². The van der Waals surface area contributed by atoms with Crippen LogP contribution in [0.25, 0.3) is 0 Å². The van der Waals surface area contributed by atoms with Crippen LogP contribution in [0.15, 0.2) is 36.4 Å². The predicted octanol–water partition coefficient (Wildman–Crippen LogP) is 2.68. The van der Waals surface area contributed by atoms with E-state index in [0.717, 1.165) is 16.7 Å². The summed E-state index contributed by atoms with van der Waals surface area (Å²) in [6.45, 7) is 4.14. The highest BCUT2D eigenvalue weighted by Crippen LogP contribution is 2.50. The average Bonchev–Trinajstić information content (AvgIpc) is 3.20. The number of fused-ring (bicyclic) bond motifs is 1. The summed E-state index contributed by atoms with van der Waals surface area (Å²) in [7, 11) is 3.38. The first-order valence-electron chi connectivity index (χ1n) is 10.0.